The maximum absolute atomic E-state index is 14.3. The molecule has 0 saturated heterocycles. The number of carbonyl (C=O) groups is 1. The maximum atomic E-state index is 14.3. The van der Waals surface area contributed by atoms with Gasteiger partial charge < -0.3 is 4.90 Å². The van der Waals surface area contributed by atoms with Gasteiger partial charge in [0.1, 0.15) is 16.6 Å². The molecule has 35 heavy (non-hydrogen) atoms. The van der Waals surface area contributed by atoms with Crippen LogP contribution in [0, 0.1) is 11.6 Å². The van der Waals surface area contributed by atoms with E-state index in [2.05, 4.69) is 23.1 Å². The van der Waals surface area contributed by atoms with Gasteiger partial charge in [-0.25, -0.2) is 18.1 Å². The van der Waals surface area contributed by atoms with Crippen LogP contribution in [0.4, 0.5) is 14.5 Å². The summed E-state index contributed by atoms with van der Waals surface area (Å²) in [4.78, 5) is 20.5. The summed E-state index contributed by atoms with van der Waals surface area (Å²) in [6.45, 7) is 6.03. The zero-order valence-electron chi connectivity index (χ0n) is 20.0. The van der Waals surface area contributed by atoms with Crippen LogP contribution in [0.5, 0.6) is 0 Å². The molecule has 0 spiro atoms. The first-order chi connectivity index (χ1) is 17.0. The normalized spacial score (nSPS) is 14.4. The quantitative estimate of drug-likeness (QED) is 0.197. The van der Waals surface area contributed by atoms with E-state index in [0.717, 1.165) is 59.4 Å². The molecule has 4 rings (SSSR count). The van der Waals surface area contributed by atoms with Crippen LogP contribution in [-0.2, 0) is 11.3 Å². The minimum Gasteiger partial charge on any atom is -0.308 e. The van der Waals surface area contributed by atoms with Crippen LogP contribution >= 0.6 is 23.3 Å². The van der Waals surface area contributed by atoms with E-state index in [4.69, 9.17) is 0 Å². The number of fused-ring (bicyclic) bond motifs is 1. The van der Waals surface area contributed by atoms with Crippen LogP contribution in [0.15, 0.2) is 52.9 Å². The van der Waals surface area contributed by atoms with Gasteiger partial charge in [0, 0.05) is 53.3 Å². The van der Waals surface area contributed by atoms with Gasteiger partial charge >= 0.3 is 0 Å². The number of carbonyl (C=O) groups excluding carboxylic acids is 1. The van der Waals surface area contributed by atoms with Gasteiger partial charge in [0.05, 0.1) is 11.3 Å². The van der Waals surface area contributed by atoms with Gasteiger partial charge in [0.2, 0.25) is 0 Å². The van der Waals surface area contributed by atoms with Crippen LogP contribution in [-0.4, -0.2) is 28.3 Å². The number of anilines is 1. The molecule has 1 aliphatic heterocycles. The lowest BCUT2D eigenvalue weighted by Gasteiger charge is -2.22. The lowest BCUT2D eigenvalue weighted by Crippen LogP contribution is -2.27. The molecule has 1 aliphatic rings. The fourth-order valence-corrected chi connectivity index (χ4v) is 5.57. The molecule has 0 aliphatic carbocycles. The Hall–Kier alpha value is -2.55. The minimum atomic E-state index is -0.575. The summed E-state index contributed by atoms with van der Waals surface area (Å²) in [5.41, 5.74) is 2.93. The van der Waals surface area contributed by atoms with Gasteiger partial charge in [0.25, 0.3) is 5.91 Å². The van der Waals surface area contributed by atoms with Gasteiger partial charge in [-0.1, -0.05) is 32.8 Å². The number of aromatic nitrogens is 1. The average Bonchev–Trinajstić information content (AvgIpc) is 3.45. The molecule has 2 heterocycles. The molecule has 8 heteroatoms. The number of hydrogen-bond acceptors (Lipinski definition) is 5. The van der Waals surface area contributed by atoms with E-state index in [-0.39, 0.29) is 5.91 Å². The number of nitrogens with zero attached hydrogens (tertiary/aromatic N) is 3. The highest BCUT2D eigenvalue weighted by molar-refractivity contribution is 7.97. The largest absolute Gasteiger partial charge is 0.308 e. The Balaban J connectivity index is 1.63. The Morgan fingerprint density at radius 3 is 2.66 bits per heavy atom. The molecule has 1 aromatic heterocycles. The van der Waals surface area contributed by atoms with Gasteiger partial charge in [-0.15, -0.1) is 11.3 Å². The number of unbranched alkanes of at least 4 members (excludes halogenated alkanes) is 2. The van der Waals surface area contributed by atoms with Crippen LogP contribution < -0.4 is 4.90 Å². The third-order valence-corrected chi connectivity index (χ3v) is 7.59. The standard InChI is InChI=1S/C27H29F2N3OS2/c1-3-5-12-31(18-19-7-8-20(28)15-24(19)29)35-21-9-10-25-22(16-21)23(17-26-30-11-14-34-26)27(33)32(25)13-6-4-2/h7-11,14-17H,3-6,12-13,18H2,1-2H3/b23-17+. The van der Waals surface area contributed by atoms with Gasteiger partial charge in [-0.05, 0) is 55.1 Å². The third-order valence-electron chi connectivity index (χ3n) is 5.84. The molecule has 1 amide bonds. The highest BCUT2D eigenvalue weighted by atomic mass is 32.2. The van der Waals surface area contributed by atoms with Crippen LogP contribution in [0.3, 0.4) is 0 Å². The minimum absolute atomic E-state index is 0.00187. The lowest BCUT2D eigenvalue weighted by molar-refractivity contribution is -0.113. The van der Waals surface area contributed by atoms with E-state index in [1.165, 1.54) is 35.4 Å². The smallest absolute Gasteiger partial charge is 0.259 e. The van der Waals surface area contributed by atoms with E-state index in [1.54, 1.807) is 6.20 Å². The van der Waals surface area contributed by atoms with Crippen molar-refractivity contribution in [3.05, 3.63) is 75.7 Å². The Morgan fingerprint density at radius 1 is 1.11 bits per heavy atom. The van der Waals surface area contributed by atoms with Crippen molar-refractivity contribution >= 4 is 46.5 Å². The molecule has 0 fully saturated rings. The highest BCUT2D eigenvalue weighted by Gasteiger charge is 2.32. The Labute approximate surface area is 213 Å². The Morgan fingerprint density at radius 2 is 1.94 bits per heavy atom. The molecule has 184 valence electrons. The topological polar surface area (TPSA) is 36.4 Å². The van der Waals surface area contributed by atoms with Crippen molar-refractivity contribution in [1.82, 2.24) is 9.29 Å². The van der Waals surface area contributed by atoms with E-state index < -0.39 is 11.6 Å². The zero-order chi connectivity index (χ0) is 24.8. The summed E-state index contributed by atoms with van der Waals surface area (Å²) in [7, 11) is 0. The van der Waals surface area contributed by atoms with Gasteiger partial charge in [-0.2, -0.15) is 0 Å². The summed E-state index contributed by atoms with van der Waals surface area (Å²) < 4.78 is 29.8. The summed E-state index contributed by atoms with van der Waals surface area (Å²) in [6.07, 6.45) is 7.51. The molecule has 0 unspecified atom stereocenters. The van der Waals surface area contributed by atoms with Gasteiger partial charge in [-0.3, -0.25) is 4.79 Å². The molecular weight excluding hydrogens is 484 g/mol. The molecule has 0 radical (unpaired) electrons. The first kappa shape index (κ1) is 25.5. The van der Waals surface area contributed by atoms with Crippen molar-refractivity contribution in [2.24, 2.45) is 0 Å². The van der Waals surface area contributed by atoms with Crippen molar-refractivity contribution in [2.45, 2.75) is 51.0 Å². The van der Waals surface area contributed by atoms with Crippen LogP contribution in [0.25, 0.3) is 11.6 Å². The summed E-state index contributed by atoms with van der Waals surface area (Å²) in [6, 6.07) is 9.80. The summed E-state index contributed by atoms with van der Waals surface area (Å²) >= 11 is 3.03. The Kier molecular flexibility index (Phi) is 8.70. The molecule has 2 aromatic carbocycles. The average molecular weight is 514 g/mol. The fraction of sp³-hybridized carbons (Fsp3) is 0.333. The van der Waals surface area contributed by atoms with Crippen LogP contribution in [0.2, 0.25) is 0 Å². The molecule has 3 aromatic rings. The second kappa shape index (κ2) is 11.9. The van der Waals surface area contributed by atoms with Gasteiger partial charge in [0.15, 0.2) is 0 Å². The van der Waals surface area contributed by atoms with Crippen molar-refractivity contribution in [3.8, 4) is 0 Å². The highest BCUT2D eigenvalue weighted by Crippen LogP contribution is 2.41. The Bertz CT molecular complexity index is 1200. The predicted octanol–water partition coefficient (Wildman–Crippen LogP) is 7.42. The zero-order valence-corrected chi connectivity index (χ0v) is 21.6. The number of halogens is 2. The summed E-state index contributed by atoms with van der Waals surface area (Å²) in [5, 5.41) is 2.69. The van der Waals surface area contributed by atoms with Crippen molar-refractivity contribution in [3.63, 3.8) is 0 Å². The second-order valence-corrected chi connectivity index (χ2v) is 10.6. The number of hydrogen-bond donors (Lipinski definition) is 0. The van der Waals surface area contributed by atoms with E-state index in [9.17, 15) is 13.6 Å². The van der Waals surface area contributed by atoms with Crippen molar-refractivity contribution in [1.29, 1.82) is 0 Å². The fourth-order valence-electron chi connectivity index (χ4n) is 3.98. The first-order valence-corrected chi connectivity index (χ1v) is 13.6. The molecule has 0 N–H and O–H groups in total. The van der Waals surface area contributed by atoms with Crippen molar-refractivity contribution in [2.75, 3.05) is 18.0 Å². The molecule has 4 nitrogen and oxygen atoms in total. The van der Waals surface area contributed by atoms with E-state index >= 15 is 0 Å². The van der Waals surface area contributed by atoms with Crippen LogP contribution in [0.1, 0.15) is 55.7 Å². The monoisotopic (exact) mass is 513 g/mol. The maximum Gasteiger partial charge on any atom is 0.259 e. The first-order valence-electron chi connectivity index (χ1n) is 11.9. The van der Waals surface area contributed by atoms with Crippen molar-refractivity contribution < 1.29 is 13.6 Å². The predicted molar refractivity (Wildman–Crippen MR) is 141 cm³/mol. The third kappa shape index (κ3) is 6.18. The number of benzene rings is 2. The molecular formula is C27H29F2N3OS2. The molecule has 0 atom stereocenters. The molecule has 0 saturated carbocycles. The summed E-state index contributed by atoms with van der Waals surface area (Å²) in [5.74, 6) is -1.11. The second-order valence-electron chi connectivity index (χ2n) is 8.46. The van der Waals surface area contributed by atoms with E-state index in [0.29, 0.717) is 24.2 Å². The van der Waals surface area contributed by atoms with E-state index in [1.807, 2.05) is 34.6 Å². The molecule has 0 bridgehead atoms. The lowest BCUT2D eigenvalue weighted by atomic mass is 10.1. The SMILES string of the molecule is CCCCN(Cc1ccc(F)cc1F)Sc1ccc2c(c1)/C(=C\c1nccs1)C(=O)N2CCCC. The number of rotatable bonds is 11. The number of thiazole rings is 1. The number of amides is 1.